The molecule has 0 spiro atoms. The molecule has 7 heteroatoms. The number of hydrogen-bond acceptors (Lipinski definition) is 3. The van der Waals surface area contributed by atoms with E-state index in [1.165, 1.54) is 0 Å². The van der Waals surface area contributed by atoms with Crippen LogP contribution >= 0.6 is 0 Å². The second kappa shape index (κ2) is 4.91. The van der Waals surface area contributed by atoms with Gasteiger partial charge in [-0.05, 0) is 12.8 Å². The maximum absolute atomic E-state index is 11.4. The van der Waals surface area contributed by atoms with Gasteiger partial charge in [-0.2, -0.15) is 13.1 Å². The summed E-state index contributed by atoms with van der Waals surface area (Å²) in [4.78, 5) is 0. The molecule has 15 heavy (non-hydrogen) atoms. The van der Waals surface area contributed by atoms with Crippen LogP contribution in [-0.2, 0) is 10.2 Å². The lowest BCUT2D eigenvalue weighted by Crippen LogP contribution is -2.46. The van der Waals surface area contributed by atoms with Gasteiger partial charge in [-0.3, -0.25) is 5.41 Å². The quantitative estimate of drug-likeness (QED) is 0.381. The molecule has 2 atom stereocenters. The Bertz CT molecular complexity index is 328. The van der Waals surface area contributed by atoms with Crippen LogP contribution in [0.15, 0.2) is 0 Å². The third kappa shape index (κ3) is 3.44. The summed E-state index contributed by atoms with van der Waals surface area (Å²) in [6, 6.07) is -0.230. The van der Waals surface area contributed by atoms with Crippen molar-refractivity contribution < 1.29 is 8.42 Å². The van der Waals surface area contributed by atoms with Gasteiger partial charge in [0.05, 0.1) is 5.84 Å². The van der Waals surface area contributed by atoms with Gasteiger partial charge in [-0.1, -0.05) is 13.3 Å². The number of amidine groups is 1. The first-order chi connectivity index (χ1) is 6.96. The maximum Gasteiger partial charge on any atom is 0.277 e. The third-order valence-electron chi connectivity index (χ3n) is 2.56. The molecule has 5 N–H and O–H groups in total. The standard InChI is InChI=1S/C8H18N4O2S/c1-2-11-15(13,14)12-7-5-3-4-6(7)8(9)10/h6-7,11-12H,2-5H2,1H3,(H3,9,10). The molecular formula is C8H18N4O2S. The molecular weight excluding hydrogens is 216 g/mol. The van der Waals surface area contributed by atoms with E-state index in [0.29, 0.717) is 6.54 Å². The van der Waals surface area contributed by atoms with Crippen molar-refractivity contribution in [3.05, 3.63) is 0 Å². The maximum atomic E-state index is 11.4. The first kappa shape index (κ1) is 12.4. The van der Waals surface area contributed by atoms with Gasteiger partial charge in [0.25, 0.3) is 10.2 Å². The van der Waals surface area contributed by atoms with Crippen LogP contribution < -0.4 is 15.2 Å². The van der Waals surface area contributed by atoms with Crippen molar-refractivity contribution >= 4 is 16.0 Å². The van der Waals surface area contributed by atoms with E-state index in [2.05, 4.69) is 9.44 Å². The zero-order valence-corrected chi connectivity index (χ0v) is 9.60. The first-order valence-electron chi connectivity index (χ1n) is 5.07. The Kier molecular flexibility index (Phi) is 4.06. The Morgan fingerprint density at radius 1 is 1.53 bits per heavy atom. The minimum atomic E-state index is -3.43. The van der Waals surface area contributed by atoms with Gasteiger partial charge in [0.1, 0.15) is 0 Å². The van der Waals surface area contributed by atoms with Crippen LogP contribution in [0.1, 0.15) is 26.2 Å². The number of rotatable bonds is 5. The van der Waals surface area contributed by atoms with Crippen molar-refractivity contribution in [2.45, 2.75) is 32.2 Å². The van der Waals surface area contributed by atoms with Crippen molar-refractivity contribution in [1.29, 1.82) is 5.41 Å². The second-order valence-electron chi connectivity index (χ2n) is 3.72. The van der Waals surface area contributed by atoms with E-state index in [1.807, 2.05) is 0 Å². The molecule has 1 aliphatic carbocycles. The highest BCUT2D eigenvalue weighted by atomic mass is 32.2. The van der Waals surface area contributed by atoms with Crippen molar-refractivity contribution in [2.24, 2.45) is 11.7 Å². The summed E-state index contributed by atoms with van der Waals surface area (Å²) in [5, 5.41) is 7.35. The molecule has 0 aromatic carbocycles. The molecule has 0 amide bonds. The van der Waals surface area contributed by atoms with Crippen LogP contribution in [0.5, 0.6) is 0 Å². The molecule has 0 aromatic rings. The molecule has 0 heterocycles. The van der Waals surface area contributed by atoms with Gasteiger partial charge < -0.3 is 5.73 Å². The number of nitrogens with two attached hydrogens (primary N) is 1. The van der Waals surface area contributed by atoms with Crippen LogP contribution in [-0.4, -0.2) is 26.8 Å². The average molecular weight is 234 g/mol. The van der Waals surface area contributed by atoms with Crippen molar-refractivity contribution in [3.63, 3.8) is 0 Å². The average Bonchev–Trinajstić information content (AvgIpc) is 2.50. The van der Waals surface area contributed by atoms with Crippen LogP contribution in [0.4, 0.5) is 0 Å². The topological polar surface area (TPSA) is 108 Å². The Hall–Kier alpha value is -0.660. The molecule has 0 aromatic heterocycles. The lowest BCUT2D eigenvalue weighted by atomic mass is 10.0. The van der Waals surface area contributed by atoms with E-state index in [-0.39, 0.29) is 17.8 Å². The normalized spacial score (nSPS) is 26.7. The minimum absolute atomic E-state index is 0.0664. The van der Waals surface area contributed by atoms with E-state index in [1.54, 1.807) is 6.92 Å². The highest BCUT2D eigenvalue weighted by molar-refractivity contribution is 7.87. The summed E-state index contributed by atoms with van der Waals surface area (Å²) in [6.45, 7) is 2.07. The molecule has 0 saturated heterocycles. The molecule has 2 unspecified atom stereocenters. The Morgan fingerprint density at radius 2 is 2.20 bits per heavy atom. The molecule has 1 fully saturated rings. The Balaban J connectivity index is 2.61. The van der Waals surface area contributed by atoms with Crippen LogP contribution in [0.25, 0.3) is 0 Å². The Morgan fingerprint density at radius 3 is 2.73 bits per heavy atom. The third-order valence-corrected chi connectivity index (χ3v) is 3.84. The summed E-state index contributed by atoms with van der Waals surface area (Å²) in [5.41, 5.74) is 5.41. The monoisotopic (exact) mass is 234 g/mol. The largest absolute Gasteiger partial charge is 0.387 e. The number of nitrogens with one attached hydrogen (secondary N) is 3. The van der Waals surface area contributed by atoms with E-state index < -0.39 is 10.2 Å². The molecule has 0 radical (unpaired) electrons. The molecule has 1 saturated carbocycles. The van der Waals surface area contributed by atoms with Gasteiger partial charge in [-0.15, -0.1) is 0 Å². The molecule has 6 nitrogen and oxygen atoms in total. The van der Waals surface area contributed by atoms with Crippen LogP contribution in [0, 0.1) is 11.3 Å². The van der Waals surface area contributed by atoms with Gasteiger partial charge in [0, 0.05) is 18.5 Å². The summed E-state index contributed by atoms with van der Waals surface area (Å²) in [6.07, 6.45) is 2.44. The van der Waals surface area contributed by atoms with Crippen LogP contribution in [0.2, 0.25) is 0 Å². The fourth-order valence-corrected chi connectivity index (χ4v) is 3.05. The highest BCUT2D eigenvalue weighted by Crippen LogP contribution is 2.25. The van der Waals surface area contributed by atoms with Gasteiger partial charge in [0.15, 0.2) is 0 Å². The highest BCUT2D eigenvalue weighted by Gasteiger charge is 2.32. The van der Waals surface area contributed by atoms with E-state index in [0.717, 1.165) is 19.3 Å². The molecule has 88 valence electrons. The van der Waals surface area contributed by atoms with E-state index in [4.69, 9.17) is 11.1 Å². The molecule has 1 aliphatic rings. The van der Waals surface area contributed by atoms with Gasteiger partial charge >= 0.3 is 0 Å². The van der Waals surface area contributed by atoms with Crippen molar-refractivity contribution in [2.75, 3.05) is 6.54 Å². The molecule has 0 bridgehead atoms. The summed E-state index contributed by atoms with van der Waals surface area (Å²) in [5.74, 6) is -0.0878. The SMILES string of the molecule is CCNS(=O)(=O)NC1CCCC1C(=N)N. The predicted molar refractivity (Wildman–Crippen MR) is 58.8 cm³/mol. The summed E-state index contributed by atoms with van der Waals surface area (Å²) >= 11 is 0. The zero-order valence-electron chi connectivity index (χ0n) is 8.79. The zero-order chi connectivity index (χ0) is 11.5. The Labute approximate surface area is 90.3 Å². The van der Waals surface area contributed by atoms with Crippen LogP contribution in [0.3, 0.4) is 0 Å². The van der Waals surface area contributed by atoms with E-state index in [9.17, 15) is 8.42 Å². The fourth-order valence-electron chi connectivity index (χ4n) is 1.90. The van der Waals surface area contributed by atoms with Gasteiger partial charge in [0.2, 0.25) is 0 Å². The molecule has 0 aliphatic heterocycles. The lowest BCUT2D eigenvalue weighted by molar-refractivity contribution is 0.513. The second-order valence-corrected chi connectivity index (χ2v) is 5.25. The minimum Gasteiger partial charge on any atom is -0.387 e. The predicted octanol–water partition coefficient (Wildman–Crippen LogP) is -0.465. The van der Waals surface area contributed by atoms with Crippen molar-refractivity contribution in [1.82, 2.24) is 9.44 Å². The lowest BCUT2D eigenvalue weighted by Gasteiger charge is -2.19. The van der Waals surface area contributed by atoms with E-state index >= 15 is 0 Å². The smallest absolute Gasteiger partial charge is 0.277 e. The first-order valence-corrected chi connectivity index (χ1v) is 6.55. The summed E-state index contributed by atoms with van der Waals surface area (Å²) in [7, 11) is -3.43. The fraction of sp³-hybridized carbons (Fsp3) is 0.875. The summed E-state index contributed by atoms with van der Waals surface area (Å²) < 4.78 is 27.7. The molecule has 1 rings (SSSR count). The van der Waals surface area contributed by atoms with Gasteiger partial charge in [-0.25, -0.2) is 4.72 Å². The van der Waals surface area contributed by atoms with Crippen molar-refractivity contribution in [3.8, 4) is 0 Å². The number of hydrogen-bond donors (Lipinski definition) is 4.